The highest BCUT2D eigenvalue weighted by molar-refractivity contribution is 7.13. The zero-order valence-electron chi connectivity index (χ0n) is 11.7. The van der Waals surface area contributed by atoms with Crippen molar-refractivity contribution < 1.29 is 5.11 Å². The third kappa shape index (κ3) is 3.83. The molecular formula is C15H17N3OS2. The van der Waals surface area contributed by atoms with Crippen LogP contribution in [0, 0.1) is 11.8 Å². The predicted molar refractivity (Wildman–Crippen MR) is 87.9 cm³/mol. The molecule has 1 saturated heterocycles. The van der Waals surface area contributed by atoms with Gasteiger partial charge in [-0.1, -0.05) is 11.8 Å². The number of piperazine rings is 1. The lowest BCUT2D eigenvalue weighted by Gasteiger charge is -2.34. The Morgan fingerprint density at radius 2 is 2.10 bits per heavy atom. The largest absolute Gasteiger partial charge is 0.384 e. The molecular weight excluding hydrogens is 302 g/mol. The van der Waals surface area contributed by atoms with E-state index in [1.165, 1.54) is 4.88 Å². The zero-order chi connectivity index (χ0) is 14.5. The summed E-state index contributed by atoms with van der Waals surface area (Å²) in [5.41, 5.74) is 0. The van der Waals surface area contributed by atoms with E-state index in [1.807, 2.05) is 17.6 Å². The molecule has 0 aliphatic carbocycles. The normalized spacial score (nSPS) is 15.8. The van der Waals surface area contributed by atoms with Gasteiger partial charge in [0.25, 0.3) is 0 Å². The number of thiophene rings is 1. The van der Waals surface area contributed by atoms with E-state index in [4.69, 9.17) is 5.11 Å². The molecule has 2 aromatic rings. The Kier molecular flexibility index (Phi) is 4.88. The maximum Gasteiger partial charge on any atom is 0.185 e. The monoisotopic (exact) mass is 319 g/mol. The van der Waals surface area contributed by atoms with Crippen LogP contribution in [-0.4, -0.2) is 47.8 Å². The fourth-order valence-electron chi connectivity index (χ4n) is 2.35. The van der Waals surface area contributed by atoms with Crippen LogP contribution < -0.4 is 4.90 Å². The molecule has 110 valence electrons. The number of rotatable bonds is 3. The van der Waals surface area contributed by atoms with Gasteiger partial charge in [-0.15, -0.1) is 22.7 Å². The standard InChI is InChI=1S/C15H17N3OS2/c19-10-1-2-13-3-4-14(21-13)12-17-6-8-18(9-7-17)15-16-5-11-20-15/h3-5,11,19H,6-10,12H2. The molecule has 1 aliphatic heterocycles. The van der Waals surface area contributed by atoms with Gasteiger partial charge in [-0.2, -0.15) is 0 Å². The third-order valence-corrected chi connectivity index (χ3v) is 5.21. The van der Waals surface area contributed by atoms with Crippen molar-refractivity contribution in [2.75, 3.05) is 37.7 Å². The maximum absolute atomic E-state index is 8.71. The first-order valence-electron chi connectivity index (χ1n) is 6.90. The molecule has 6 heteroatoms. The van der Waals surface area contributed by atoms with E-state index in [0.29, 0.717) is 0 Å². The summed E-state index contributed by atoms with van der Waals surface area (Å²) in [6.45, 7) is 5.11. The molecule has 21 heavy (non-hydrogen) atoms. The molecule has 4 nitrogen and oxygen atoms in total. The molecule has 3 rings (SSSR count). The molecule has 0 amide bonds. The van der Waals surface area contributed by atoms with Gasteiger partial charge in [0.1, 0.15) is 6.61 Å². The first-order valence-corrected chi connectivity index (χ1v) is 8.60. The molecule has 0 aromatic carbocycles. The second-order valence-electron chi connectivity index (χ2n) is 4.80. The summed E-state index contributed by atoms with van der Waals surface area (Å²) in [5.74, 6) is 5.66. The van der Waals surface area contributed by atoms with Gasteiger partial charge in [-0.25, -0.2) is 4.98 Å². The first-order chi connectivity index (χ1) is 10.3. The Hall–Kier alpha value is -1.39. The van der Waals surface area contributed by atoms with E-state index >= 15 is 0 Å². The summed E-state index contributed by atoms with van der Waals surface area (Å²) < 4.78 is 0. The van der Waals surface area contributed by atoms with Gasteiger partial charge in [0.05, 0.1) is 4.88 Å². The molecule has 1 N–H and O–H groups in total. The molecule has 1 fully saturated rings. The molecule has 2 aromatic heterocycles. The van der Waals surface area contributed by atoms with Crippen LogP contribution in [0.4, 0.5) is 5.13 Å². The summed E-state index contributed by atoms with van der Waals surface area (Å²) in [7, 11) is 0. The zero-order valence-corrected chi connectivity index (χ0v) is 13.3. The van der Waals surface area contributed by atoms with E-state index in [2.05, 4.69) is 32.7 Å². The Morgan fingerprint density at radius 1 is 1.24 bits per heavy atom. The number of anilines is 1. The molecule has 3 heterocycles. The maximum atomic E-state index is 8.71. The molecule has 0 saturated carbocycles. The van der Waals surface area contributed by atoms with Gasteiger partial charge in [-0.3, -0.25) is 4.90 Å². The molecule has 0 unspecified atom stereocenters. The van der Waals surface area contributed by atoms with E-state index in [-0.39, 0.29) is 6.61 Å². The quantitative estimate of drug-likeness (QED) is 0.877. The lowest BCUT2D eigenvalue weighted by Crippen LogP contribution is -2.45. The van der Waals surface area contributed by atoms with E-state index < -0.39 is 0 Å². The predicted octanol–water partition coefficient (Wildman–Crippen LogP) is 1.87. The van der Waals surface area contributed by atoms with Crippen LogP contribution in [0.25, 0.3) is 0 Å². The Morgan fingerprint density at radius 3 is 2.81 bits per heavy atom. The van der Waals surface area contributed by atoms with Gasteiger partial charge in [0, 0.05) is 49.2 Å². The third-order valence-electron chi connectivity index (χ3n) is 3.39. The number of nitrogens with zero attached hydrogens (tertiary/aromatic N) is 3. The van der Waals surface area contributed by atoms with Crippen molar-refractivity contribution in [3.8, 4) is 11.8 Å². The number of hydrogen-bond donors (Lipinski definition) is 1. The van der Waals surface area contributed by atoms with Crippen LogP contribution in [-0.2, 0) is 6.54 Å². The van der Waals surface area contributed by atoms with Crippen molar-refractivity contribution in [2.45, 2.75) is 6.54 Å². The molecule has 0 bridgehead atoms. The van der Waals surface area contributed by atoms with Gasteiger partial charge in [0.15, 0.2) is 5.13 Å². The number of aliphatic hydroxyl groups is 1. The molecule has 0 radical (unpaired) electrons. The Balaban J connectivity index is 1.52. The lowest BCUT2D eigenvalue weighted by molar-refractivity contribution is 0.252. The van der Waals surface area contributed by atoms with Crippen molar-refractivity contribution in [3.63, 3.8) is 0 Å². The van der Waals surface area contributed by atoms with Crippen LogP contribution in [0.5, 0.6) is 0 Å². The van der Waals surface area contributed by atoms with E-state index in [9.17, 15) is 0 Å². The fourth-order valence-corrected chi connectivity index (χ4v) is 3.97. The van der Waals surface area contributed by atoms with Gasteiger partial charge in [0.2, 0.25) is 0 Å². The van der Waals surface area contributed by atoms with Gasteiger partial charge < -0.3 is 10.0 Å². The molecule has 0 atom stereocenters. The van der Waals surface area contributed by atoms with Crippen LogP contribution >= 0.6 is 22.7 Å². The highest BCUT2D eigenvalue weighted by atomic mass is 32.1. The SMILES string of the molecule is OCC#Cc1ccc(CN2CCN(c3nccs3)CC2)s1. The Labute approximate surface area is 132 Å². The number of aliphatic hydroxyl groups excluding tert-OH is 1. The van der Waals surface area contributed by atoms with Gasteiger partial charge in [-0.05, 0) is 12.1 Å². The number of aromatic nitrogens is 1. The van der Waals surface area contributed by atoms with Crippen molar-refractivity contribution in [2.24, 2.45) is 0 Å². The lowest BCUT2D eigenvalue weighted by atomic mass is 10.3. The minimum atomic E-state index is -0.0774. The second kappa shape index (κ2) is 7.05. The van der Waals surface area contributed by atoms with Crippen molar-refractivity contribution >= 4 is 27.8 Å². The summed E-state index contributed by atoms with van der Waals surface area (Å²) >= 11 is 3.42. The van der Waals surface area contributed by atoms with E-state index in [0.717, 1.165) is 42.7 Å². The van der Waals surface area contributed by atoms with Crippen molar-refractivity contribution in [1.82, 2.24) is 9.88 Å². The van der Waals surface area contributed by atoms with E-state index in [1.54, 1.807) is 22.7 Å². The van der Waals surface area contributed by atoms with Crippen LogP contribution in [0.1, 0.15) is 9.75 Å². The highest BCUT2D eigenvalue weighted by Crippen LogP contribution is 2.21. The minimum absolute atomic E-state index is 0.0774. The van der Waals surface area contributed by atoms with Crippen LogP contribution in [0.3, 0.4) is 0 Å². The van der Waals surface area contributed by atoms with Gasteiger partial charge >= 0.3 is 0 Å². The fraction of sp³-hybridized carbons (Fsp3) is 0.400. The average molecular weight is 319 g/mol. The first kappa shape index (κ1) is 14.5. The summed E-state index contributed by atoms with van der Waals surface area (Å²) in [6.07, 6.45) is 1.87. The van der Waals surface area contributed by atoms with Crippen molar-refractivity contribution in [3.05, 3.63) is 33.5 Å². The number of thiazole rings is 1. The van der Waals surface area contributed by atoms with Crippen LogP contribution in [0.15, 0.2) is 23.7 Å². The molecule has 1 aliphatic rings. The van der Waals surface area contributed by atoms with Crippen LogP contribution in [0.2, 0.25) is 0 Å². The van der Waals surface area contributed by atoms with Crippen molar-refractivity contribution in [1.29, 1.82) is 0 Å². The minimum Gasteiger partial charge on any atom is -0.384 e. The summed E-state index contributed by atoms with van der Waals surface area (Å²) in [4.78, 5) is 11.6. The second-order valence-corrected chi connectivity index (χ2v) is 6.85. The average Bonchev–Trinajstić information content (AvgIpc) is 3.17. The topological polar surface area (TPSA) is 39.6 Å². The smallest absolute Gasteiger partial charge is 0.185 e. The number of hydrogen-bond acceptors (Lipinski definition) is 6. The highest BCUT2D eigenvalue weighted by Gasteiger charge is 2.18. The summed E-state index contributed by atoms with van der Waals surface area (Å²) in [6, 6.07) is 4.17. The summed E-state index contributed by atoms with van der Waals surface area (Å²) in [5, 5.41) is 11.9. The Bertz CT molecular complexity index is 619. The molecule has 0 spiro atoms.